The minimum Gasteiger partial charge on any atom is -0.0776 e. The smallest absolute Gasteiger partial charge is 0.0194 e. The van der Waals surface area contributed by atoms with Crippen LogP contribution in [-0.4, -0.2) is 0 Å². The van der Waals surface area contributed by atoms with E-state index in [2.05, 4.69) is 0 Å². The third kappa shape index (κ3) is 0. The molecule has 0 aromatic carbocycles. The van der Waals surface area contributed by atoms with Gasteiger partial charge in [0.25, 0.3) is 0 Å². The van der Waals surface area contributed by atoms with Gasteiger partial charge in [0, 0.05) is 195 Å². The molecular weight excluding hydrogens is 84.1 g/mol. The van der Waals surface area contributed by atoms with Crippen molar-refractivity contribution >= 4 is 0 Å². The zero-order chi connectivity index (χ0) is 112. The third-order valence-corrected chi connectivity index (χ3v) is 0. The van der Waals surface area contributed by atoms with Crippen molar-refractivity contribution in [2.24, 2.45) is 0 Å². The van der Waals surface area contributed by atoms with Gasteiger partial charge in [0.1, 0.15) is 0 Å². The van der Waals surface area contributed by atoms with E-state index in [4.69, 9.17) is 155 Å². The minimum atomic E-state index is 0. The van der Waals surface area contributed by atoms with Crippen LogP contribution >= 0.6 is 0 Å². The molecule has 0 fully saturated rings. The summed E-state index contributed by atoms with van der Waals surface area (Å²) >= 11 is 0. The van der Waals surface area contributed by atoms with Gasteiger partial charge in [0.05, 0.1) is 0 Å². The first-order valence-corrected chi connectivity index (χ1v) is 0. The lowest BCUT2D eigenvalue weighted by Crippen LogP contribution is 0.143. The zero-order valence-corrected chi connectivity index (χ0v) is 7.00. The topological polar surface area (TPSA) is 0 Å². The molecule has 0 spiro atoms. The first kappa shape index (κ1) is 0.0804. The Labute approximate surface area is 256 Å². The van der Waals surface area contributed by atoms with Crippen molar-refractivity contribution < 1.29 is 195 Å². The lowest BCUT2D eigenvalue weighted by Gasteiger charge is -0.0786. The van der Waals surface area contributed by atoms with Crippen molar-refractivity contribution in [2.75, 3.05) is 0 Å². The second-order valence-electron chi connectivity index (χ2n) is 0. The summed E-state index contributed by atoms with van der Waals surface area (Å²) in [5.74, 6) is 0. The maximum atomic E-state index is 5.75. The molecule has 0 rings (SSSR count). The molecule has 210 valence electrons. The molecule has 0 aliphatic rings. The highest BCUT2D eigenvalue weighted by Gasteiger charge is -0.0716. The molecule has 0 amide bonds. The second-order valence-corrected chi connectivity index (χ2v) is 0. The van der Waals surface area contributed by atoms with Crippen LogP contribution in [0.3, 0.4) is 0 Å². The van der Waals surface area contributed by atoms with Crippen LogP contribution in [0.15, 0.2) is 0 Å². The van der Waals surface area contributed by atoms with E-state index in [0.717, 1.165) is 0 Å². The molecule has 0 aromatic heterocycles. The predicted octanol–water partition coefficient (Wildman–Crippen LogP) is 23.4. The van der Waals surface area contributed by atoms with Gasteiger partial charge in [-0.05, 0) is 0 Å². The van der Waals surface area contributed by atoms with Crippen molar-refractivity contribution in [3.05, 3.63) is 0 Å². The van der Waals surface area contributed by atoms with Gasteiger partial charge in [0.15, 0.2) is 0 Å². The fourth-order valence-corrected chi connectivity index (χ4v) is 0. The Bertz CT molecular complexity index is 40.1. The largest absolute Gasteiger partial charge is 0.0776 e. The summed E-state index contributed by atoms with van der Waals surface area (Å²) in [6.45, 7) is 0. The van der Waals surface area contributed by atoms with Crippen LogP contribution in [0.4, 0.5) is 0 Å². The molecule has 0 atom stereocenters. The van der Waals surface area contributed by atoms with Gasteiger partial charge < -0.3 is 0 Å². The average Bonchev–Trinajstić information content (AvgIpc) is 3.95. The van der Waals surface area contributed by atoms with Crippen LogP contribution in [0.1, 0.15) is 247 Å². The van der Waals surface area contributed by atoms with Crippen LogP contribution < -0.4 is 0 Å². The van der Waals surface area contributed by atoms with Gasteiger partial charge in [-0.2, -0.15) is 0 Å². The standard InChI is InChI=1S/7CH4.77H2/h7*1H4;77*1H/i7*1T;49*1+2T;28*1+2. The van der Waals surface area contributed by atoms with E-state index in [9.17, 15) is 0 Å². The van der Waals surface area contributed by atoms with Crippen LogP contribution in [0, 0.1) is 0 Å². The van der Waals surface area contributed by atoms with E-state index in [0.29, 0.717) is 0 Å². The van der Waals surface area contributed by atoms with E-state index in [1.165, 1.54) is 51.8 Å². The quantitative estimate of drug-likeness (QED) is 0.290. The molecule has 0 saturated heterocycles. The summed E-state index contributed by atoms with van der Waals surface area (Å²) in [4.78, 5) is 0. The first-order valence-electron chi connectivity index (χ1n) is 56.0. The van der Waals surface area contributed by atoms with Crippen LogP contribution in [-0.2, 0) is 0 Å². The Hall–Kier alpha value is 0. The highest BCUT2D eigenvalue weighted by Crippen LogP contribution is 0.150. The summed E-state index contributed by atoms with van der Waals surface area (Å²) in [6.07, 6.45) is 0. The monoisotopic (exact) mass is 535 g/mol. The maximum absolute atomic E-state index is 5.75. The molecule has 0 aliphatic carbocycles. The van der Waals surface area contributed by atoms with Gasteiger partial charge in [-0.15, -0.1) is 0 Å². The van der Waals surface area contributed by atoms with E-state index in [1.807, 2.05) is 0 Å². The molecule has 0 radical (unpaired) electrons. The lowest BCUT2D eigenvalue weighted by atomic mass is 12.0. The van der Waals surface area contributed by atoms with Crippen molar-refractivity contribution in [3.63, 3.8) is 0 Å². The van der Waals surface area contributed by atoms with E-state index in [-0.39, 0.29) is 39.9 Å². The molecule has 7 heavy (non-hydrogen) atoms. The molecule has 0 unspecified atom stereocenters. The fraction of sp³-hybridized carbons (Fsp3) is 1.00. The van der Waals surface area contributed by atoms with Gasteiger partial charge in [-0.1, -0.05) is 51.8 Å². The van der Waals surface area contributed by atoms with Crippen LogP contribution in [0.5, 0.6) is 0 Å². The molecule has 0 saturated carbocycles. The van der Waals surface area contributed by atoms with Gasteiger partial charge >= 0.3 is 0 Å². The van der Waals surface area contributed by atoms with Crippen molar-refractivity contribution in [2.45, 2.75) is 51.8 Å². The Kier molecular flexibility index (Phi) is 0. The zero-order valence-electron chi connectivity index (χ0n) is 112. The summed E-state index contributed by atoms with van der Waals surface area (Å²) in [5, 5.41) is 0. The predicted molar refractivity (Wildman–Crippen MR) is 210 cm³/mol. The molecular formula is C7H182. The number of rotatable bonds is 0. The average molecular weight is 535 g/mol. The number of hydrogen-bond acceptors (Lipinski definition) is 0. The molecule has 0 heteroatoms. The van der Waals surface area contributed by atoms with E-state index < -0.39 is 0 Å². The SMILES string of the molecule is [3HH].[3HH].[3HH].[3HH].[3HH].[3HH].[3HH].[3HH].[3HH].[3HH].[3HH].[3HH].[3HH].[3HH].[3HH].[3HH].[3HH].[3HH].[3HH].[3HH].[3HH].[3HH].[3HH].[3HH].[3HH].[3HH].[3HH].[3HH].[3H]C.[3H]C.[3H]C.[3H]C.[3H]C.[3H]C.[3H]C.[3H][3H].[3H][3H].[3H][3H].[3H][3H].[3H][3H].[3H][3H].[3H][3H].[3H][3H].[3H][3H].[3H][3H].[3H][3H].[3H][3H].[3H][3H].[3H][3H].[3H][3H].[3H][3H].[3H][3H].[3H][3H].[3H][3H].[3H][3H].[3H][3H].[3H][3H].[3H][3H].[3H][3H].[3H][3H].[3H][3H].[3H][3H].[3H][3H].[3H][3H].[3H][3H].[3H][3H].[3H][3H].[3H][3H].[3H][3H].[3H][3H].[3H][3H].[3H][3H].[3H][3H].[3H][3H].[3H][3H].[3H][3H].[3H][3H].[3H][3H].[3H][3H].[3H][3H].[3H][3H].[3H][3H].[3H][3H].[3H][3H]. The van der Waals surface area contributed by atoms with Crippen molar-refractivity contribution in [1.82, 2.24) is 0 Å². The Morgan fingerprint density at radius 3 is 0.714 bits per heavy atom. The molecule has 0 nitrogen and oxygen atoms in total. The maximum Gasteiger partial charge on any atom is 0.0194 e. The Balaban J connectivity index is -0.00000000277. The summed E-state index contributed by atoms with van der Waals surface area (Å²) in [5.41, 5.74) is 0. The molecule has 0 heterocycles. The minimum absolute atomic E-state index is 0. The lowest BCUT2D eigenvalue weighted by molar-refractivity contribution is 2.50. The molecule has 0 bridgehead atoms. The van der Waals surface area contributed by atoms with Gasteiger partial charge in [-0.3, -0.25) is 0 Å². The van der Waals surface area contributed by atoms with Crippen LogP contribution in [0.25, 0.3) is 0 Å². The molecule has 0 N–H and O–H groups in total. The Morgan fingerprint density at radius 2 is 0.714 bits per heavy atom. The Morgan fingerprint density at radius 1 is 0.714 bits per heavy atom. The van der Waals surface area contributed by atoms with E-state index in [1.54, 1.807) is 0 Å². The fourth-order valence-electron chi connectivity index (χ4n) is 0. The highest BCUT2D eigenvalue weighted by molar-refractivity contribution is 2.51. The first-order chi connectivity index (χ1) is 56.0. The second kappa shape index (κ2) is 0. The summed E-state index contributed by atoms with van der Waals surface area (Å²) in [6, 6.07) is 0. The molecule has 0 aromatic rings. The summed E-state index contributed by atoms with van der Waals surface area (Å²) < 4.78 is 530. The number of hydrogen-bond donors (Lipinski definition) is 0. The van der Waals surface area contributed by atoms with Crippen LogP contribution in [0.2, 0.25) is 0 Å². The van der Waals surface area contributed by atoms with Crippen molar-refractivity contribution in [3.8, 4) is 0 Å². The normalized spacial score (nSPS) is 63.0. The van der Waals surface area contributed by atoms with Gasteiger partial charge in [0.2, 0.25) is 0 Å². The van der Waals surface area contributed by atoms with Gasteiger partial charge in [-0.25, -0.2) is 0 Å². The summed E-state index contributed by atoms with van der Waals surface area (Å²) in [7, 11) is 8.75. The molecule has 0 aliphatic heterocycles. The third-order valence-electron chi connectivity index (χ3n) is 0. The van der Waals surface area contributed by atoms with Crippen molar-refractivity contribution in [1.29, 1.82) is 0 Å². The highest BCUT2D eigenvalue weighted by atomic mass is 12.0. The van der Waals surface area contributed by atoms with E-state index >= 15 is 0 Å².